The summed E-state index contributed by atoms with van der Waals surface area (Å²) in [6, 6.07) is 9.13. The number of hydrogen-bond donors (Lipinski definition) is 0. The van der Waals surface area contributed by atoms with Crippen LogP contribution >= 0.6 is 0 Å². The smallest absolute Gasteiger partial charge is 0.359 e. The number of carbonyl (C=O) groups is 1. The molecule has 7 nitrogen and oxygen atoms in total. The summed E-state index contributed by atoms with van der Waals surface area (Å²) >= 11 is 0. The van der Waals surface area contributed by atoms with Gasteiger partial charge in [0.05, 0.1) is 5.92 Å². The molecule has 27 heavy (non-hydrogen) atoms. The van der Waals surface area contributed by atoms with Crippen LogP contribution in [0.5, 0.6) is 11.8 Å². The van der Waals surface area contributed by atoms with Gasteiger partial charge in [-0.15, -0.1) is 0 Å². The van der Waals surface area contributed by atoms with Gasteiger partial charge in [-0.3, -0.25) is 9.78 Å². The number of nitrogens with zero attached hydrogens (tertiary/aromatic N) is 4. The molecule has 1 aliphatic heterocycles. The molecule has 1 aliphatic rings. The average Bonchev–Trinajstić information content (AvgIpc) is 3.17. The summed E-state index contributed by atoms with van der Waals surface area (Å²) in [6.07, 6.45) is 4.87. The maximum absolute atomic E-state index is 13.2. The van der Waals surface area contributed by atoms with Gasteiger partial charge in [-0.05, 0) is 42.3 Å². The zero-order chi connectivity index (χ0) is 18.6. The Balaban J connectivity index is 1.44. The second-order valence-corrected chi connectivity index (χ2v) is 6.30. The van der Waals surface area contributed by atoms with E-state index in [1.165, 1.54) is 18.2 Å². The number of carbonyl (C=O) groups excluding carboxylic acids is 1. The van der Waals surface area contributed by atoms with Gasteiger partial charge in [0.2, 0.25) is 5.89 Å². The zero-order valence-electron chi connectivity index (χ0n) is 14.4. The van der Waals surface area contributed by atoms with E-state index < -0.39 is 5.82 Å². The number of amides is 1. The summed E-state index contributed by atoms with van der Waals surface area (Å²) < 4.78 is 24.0. The molecular formula is C19H17FN4O3. The van der Waals surface area contributed by atoms with Crippen molar-refractivity contribution >= 4 is 5.91 Å². The van der Waals surface area contributed by atoms with Crippen LogP contribution < -0.4 is 4.74 Å². The van der Waals surface area contributed by atoms with Crippen LogP contribution in [0.25, 0.3) is 0 Å². The number of ether oxygens (including phenoxy) is 1. The molecular weight excluding hydrogens is 351 g/mol. The number of halogens is 1. The van der Waals surface area contributed by atoms with E-state index in [-0.39, 0.29) is 17.8 Å². The Kier molecular flexibility index (Phi) is 4.78. The van der Waals surface area contributed by atoms with Gasteiger partial charge in [-0.25, -0.2) is 4.39 Å². The van der Waals surface area contributed by atoms with E-state index >= 15 is 0 Å². The molecule has 138 valence electrons. The lowest BCUT2D eigenvalue weighted by molar-refractivity contribution is 0.0695. The molecule has 0 N–H and O–H groups in total. The fourth-order valence-corrected chi connectivity index (χ4v) is 3.10. The normalized spacial score (nSPS) is 16.9. The van der Waals surface area contributed by atoms with Crippen LogP contribution in [-0.4, -0.2) is 39.0 Å². The Bertz CT molecular complexity index is 931. The average molecular weight is 368 g/mol. The lowest BCUT2D eigenvalue weighted by atomic mass is 9.97. The minimum absolute atomic E-state index is 0.0215. The molecule has 8 heteroatoms. The predicted molar refractivity (Wildman–Crippen MR) is 92.9 cm³/mol. The van der Waals surface area contributed by atoms with Crippen molar-refractivity contribution in [3.05, 3.63) is 66.1 Å². The lowest BCUT2D eigenvalue weighted by Crippen LogP contribution is -2.39. The highest BCUT2D eigenvalue weighted by Crippen LogP contribution is 2.28. The van der Waals surface area contributed by atoms with Crippen LogP contribution in [0.2, 0.25) is 0 Å². The highest BCUT2D eigenvalue weighted by Gasteiger charge is 2.29. The van der Waals surface area contributed by atoms with Crippen molar-refractivity contribution in [2.45, 2.75) is 18.8 Å². The maximum Gasteiger partial charge on any atom is 0.359 e. The van der Waals surface area contributed by atoms with Gasteiger partial charge in [0, 0.05) is 37.1 Å². The Morgan fingerprint density at radius 3 is 2.93 bits per heavy atom. The van der Waals surface area contributed by atoms with Crippen molar-refractivity contribution in [2.24, 2.45) is 0 Å². The molecule has 1 aromatic carbocycles. The first-order valence-corrected chi connectivity index (χ1v) is 8.65. The van der Waals surface area contributed by atoms with Gasteiger partial charge in [0.1, 0.15) is 11.6 Å². The molecule has 1 saturated heterocycles. The van der Waals surface area contributed by atoms with Crippen LogP contribution in [0, 0.1) is 5.82 Å². The van der Waals surface area contributed by atoms with Crippen LogP contribution in [0.3, 0.4) is 0 Å². The summed E-state index contributed by atoms with van der Waals surface area (Å²) in [7, 11) is 0. The van der Waals surface area contributed by atoms with Crippen molar-refractivity contribution in [1.29, 1.82) is 0 Å². The molecule has 1 atom stereocenters. The number of hydrogen-bond acceptors (Lipinski definition) is 6. The molecule has 0 spiro atoms. The molecule has 0 bridgehead atoms. The number of likely N-dealkylation sites (tertiary alicyclic amines) is 1. The van der Waals surface area contributed by atoms with E-state index in [4.69, 9.17) is 9.26 Å². The van der Waals surface area contributed by atoms with Crippen LogP contribution in [0.1, 0.15) is 35.0 Å². The maximum atomic E-state index is 13.2. The second-order valence-electron chi connectivity index (χ2n) is 6.30. The second kappa shape index (κ2) is 7.53. The van der Waals surface area contributed by atoms with Crippen molar-refractivity contribution in [1.82, 2.24) is 20.0 Å². The first-order chi connectivity index (χ1) is 13.2. The molecule has 1 fully saturated rings. The number of aromatic nitrogens is 3. The molecule has 2 aromatic heterocycles. The first kappa shape index (κ1) is 17.1. The molecule has 0 saturated carbocycles. The van der Waals surface area contributed by atoms with Crippen molar-refractivity contribution in [2.75, 3.05) is 13.1 Å². The Labute approximate surface area is 154 Å². The molecule has 3 aromatic rings. The van der Waals surface area contributed by atoms with Crippen LogP contribution in [-0.2, 0) is 0 Å². The van der Waals surface area contributed by atoms with Crippen molar-refractivity contribution in [3.8, 4) is 11.8 Å². The van der Waals surface area contributed by atoms with Crippen molar-refractivity contribution < 1.29 is 18.4 Å². The summed E-state index contributed by atoms with van der Waals surface area (Å²) in [5.74, 6) is 0.183. The van der Waals surface area contributed by atoms with E-state index in [9.17, 15) is 9.18 Å². The van der Waals surface area contributed by atoms with Crippen LogP contribution in [0.15, 0.2) is 53.3 Å². The predicted octanol–water partition coefficient (Wildman–Crippen LogP) is 3.42. The van der Waals surface area contributed by atoms with E-state index in [1.54, 1.807) is 35.5 Å². The number of piperidine rings is 1. The minimum atomic E-state index is -0.409. The third-order valence-electron chi connectivity index (χ3n) is 4.41. The number of rotatable bonds is 4. The third-order valence-corrected chi connectivity index (χ3v) is 4.41. The molecule has 4 rings (SSSR count). The summed E-state index contributed by atoms with van der Waals surface area (Å²) in [5, 5.41) is 3.80. The quantitative estimate of drug-likeness (QED) is 0.702. The van der Waals surface area contributed by atoms with Gasteiger partial charge in [-0.1, -0.05) is 6.07 Å². The molecule has 0 radical (unpaired) electrons. The monoisotopic (exact) mass is 368 g/mol. The Morgan fingerprint density at radius 2 is 2.11 bits per heavy atom. The highest BCUT2D eigenvalue weighted by molar-refractivity contribution is 5.94. The molecule has 0 unspecified atom stereocenters. The molecule has 0 aliphatic carbocycles. The highest BCUT2D eigenvalue weighted by atomic mass is 19.1. The summed E-state index contributed by atoms with van der Waals surface area (Å²) in [6.45, 7) is 1.17. The number of benzene rings is 1. The van der Waals surface area contributed by atoms with Gasteiger partial charge in [0.15, 0.2) is 0 Å². The number of pyridine rings is 1. The summed E-state index contributed by atoms with van der Waals surface area (Å²) in [5.41, 5.74) is 0.603. The Morgan fingerprint density at radius 1 is 1.26 bits per heavy atom. The van der Waals surface area contributed by atoms with Crippen LogP contribution in [0.4, 0.5) is 4.39 Å². The Hall–Kier alpha value is -3.29. The van der Waals surface area contributed by atoms with Gasteiger partial charge in [-0.2, -0.15) is 4.98 Å². The van der Waals surface area contributed by atoms with Gasteiger partial charge in [0.25, 0.3) is 5.91 Å². The zero-order valence-corrected chi connectivity index (χ0v) is 14.4. The van der Waals surface area contributed by atoms with E-state index in [0.29, 0.717) is 30.3 Å². The lowest BCUT2D eigenvalue weighted by Gasteiger charge is -2.31. The largest absolute Gasteiger partial charge is 0.422 e. The van der Waals surface area contributed by atoms with Gasteiger partial charge < -0.3 is 14.2 Å². The minimum Gasteiger partial charge on any atom is -0.422 e. The molecule has 1 amide bonds. The fourth-order valence-electron chi connectivity index (χ4n) is 3.10. The molecule has 3 heterocycles. The fraction of sp³-hybridized carbons (Fsp3) is 0.263. The first-order valence-electron chi connectivity index (χ1n) is 8.65. The topological polar surface area (TPSA) is 81.4 Å². The third kappa shape index (κ3) is 3.94. The van der Waals surface area contributed by atoms with Gasteiger partial charge >= 0.3 is 6.01 Å². The van der Waals surface area contributed by atoms with E-state index in [1.807, 2.05) is 0 Å². The standard InChI is InChI=1S/C19H17FN4O3/c20-15-4-1-5-16(11-15)26-19-22-17(27-23-19)14-3-2-10-24(12-14)18(25)13-6-8-21-9-7-13/h1,4-9,11,14H,2-3,10,12H2/t14-/m0/s1. The summed E-state index contributed by atoms with van der Waals surface area (Å²) in [4.78, 5) is 22.6. The SMILES string of the molecule is O=C(c1ccncc1)N1CCC[C@H](c2nc(Oc3cccc(F)c3)no2)C1. The van der Waals surface area contributed by atoms with Crippen molar-refractivity contribution in [3.63, 3.8) is 0 Å². The van der Waals surface area contributed by atoms with E-state index in [0.717, 1.165) is 12.8 Å². The van der Waals surface area contributed by atoms with E-state index in [2.05, 4.69) is 15.1 Å².